The van der Waals surface area contributed by atoms with Gasteiger partial charge in [0.15, 0.2) is 0 Å². The quantitative estimate of drug-likeness (QED) is 0.892. The van der Waals surface area contributed by atoms with Crippen molar-refractivity contribution in [3.8, 4) is 0 Å². The minimum atomic E-state index is -0.581. The Morgan fingerprint density at radius 2 is 2.00 bits per heavy atom. The van der Waals surface area contributed by atoms with Gasteiger partial charge in [0.1, 0.15) is 11.6 Å². The van der Waals surface area contributed by atoms with Crippen LogP contribution >= 0.6 is 0 Å². The predicted octanol–water partition coefficient (Wildman–Crippen LogP) is 2.01. The van der Waals surface area contributed by atoms with Gasteiger partial charge in [-0.05, 0) is 55.3 Å². The molecule has 2 aliphatic rings. The second kappa shape index (κ2) is 6.10. The molecule has 0 aromatic heterocycles. The van der Waals surface area contributed by atoms with E-state index in [1.165, 1.54) is 25.0 Å². The van der Waals surface area contributed by atoms with Crippen molar-refractivity contribution in [1.82, 2.24) is 10.6 Å². The maximum Gasteiger partial charge on any atom is 0.237 e. The van der Waals surface area contributed by atoms with Crippen LogP contribution in [0.15, 0.2) is 18.2 Å². The number of fused-ring (bicyclic) bond motifs is 1. The second-order valence-electron chi connectivity index (χ2n) is 6.06. The lowest BCUT2D eigenvalue weighted by atomic mass is 9.93. The SMILES string of the molecule is O=C(NCCc1cc(F)cc(F)c1)C1NCC2CCCC21. The highest BCUT2D eigenvalue weighted by Gasteiger charge is 2.42. The summed E-state index contributed by atoms with van der Waals surface area (Å²) in [6.45, 7) is 1.33. The summed E-state index contributed by atoms with van der Waals surface area (Å²) >= 11 is 0. The Morgan fingerprint density at radius 1 is 1.24 bits per heavy atom. The van der Waals surface area contributed by atoms with Crippen molar-refractivity contribution in [3.63, 3.8) is 0 Å². The van der Waals surface area contributed by atoms with Crippen LogP contribution in [0.5, 0.6) is 0 Å². The molecular weight excluding hydrogens is 274 g/mol. The van der Waals surface area contributed by atoms with E-state index in [2.05, 4.69) is 10.6 Å². The molecule has 1 aromatic carbocycles. The molecule has 21 heavy (non-hydrogen) atoms. The summed E-state index contributed by atoms with van der Waals surface area (Å²) in [4.78, 5) is 12.2. The molecule has 2 fully saturated rings. The first-order valence-electron chi connectivity index (χ1n) is 7.59. The first-order valence-corrected chi connectivity index (χ1v) is 7.59. The second-order valence-corrected chi connectivity index (χ2v) is 6.06. The van der Waals surface area contributed by atoms with Gasteiger partial charge in [-0.2, -0.15) is 0 Å². The fourth-order valence-corrected chi connectivity index (χ4v) is 3.67. The standard InChI is InChI=1S/C16H20F2N2O/c17-12-6-10(7-13(18)8-12)4-5-19-16(21)15-14-3-1-2-11(14)9-20-15/h6-8,11,14-15,20H,1-5,9H2,(H,19,21). The predicted molar refractivity (Wildman–Crippen MR) is 75.7 cm³/mol. The van der Waals surface area contributed by atoms with Crippen LogP contribution in [0, 0.1) is 23.5 Å². The lowest BCUT2D eigenvalue weighted by molar-refractivity contribution is -0.123. The summed E-state index contributed by atoms with van der Waals surface area (Å²) in [5.41, 5.74) is 0.561. The molecule has 0 bridgehead atoms. The van der Waals surface area contributed by atoms with Crippen molar-refractivity contribution in [2.24, 2.45) is 11.8 Å². The largest absolute Gasteiger partial charge is 0.354 e. The number of halogens is 2. The van der Waals surface area contributed by atoms with Gasteiger partial charge in [-0.15, -0.1) is 0 Å². The van der Waals surface area contributed by atoms with Gasteiger partial charge in [0.25, 0.3) is 0 Å². The number of benzene rings is 1. The molecule has 3 unspecified atom stereocenters. The van der Waals surface area contributed by atoms with Crippen LogP contribution in [-0.4, -0.2) is 25.0 Å². The molecule has 1 saturated heterocycles. The third kappa shape index (κ3) is 3.23. The van der Waals surface area contributed by atoms with Gasteiger partial charge in [0.2, 0.25) is 5.91 Å². The van der Waals surface area contributed by atoms with Gasteiger partial charge >= 0.3 is 0 Å². The van der Waals surface area contributed by atoms with Crippen LogP contribution in [0.1, 0.15) is 24.8 Å². The molecule has 1 aliphatic heterocycles. The fourth-order valence-electron chi connectivity index (χ4n) is 3.67. The Kier molecular flexibility index (Phi) is 4.19. The summed E-state index contributed by atoms with van der Waals surface area (Å²) in [5.74, 6) is -0.0545. The Hall–Kier alpha value is -1.49. The average Bonchev–Trinajstić information content (AvgIpc) is 2.99. The fraction of sp³-hybridized carbons (Fsp3) is 0.562. The molecule has 1 saturated carbocycles. The minimum absolute atomic E-state index is 0.0151. The van der Waals surface area contributed by atoms with E-state index < -0.39 is 11.6 Å². The highest BCUT2D eigenvalue weighted by atomic mass is 19.1. The topological polar surface area (TPSA) is 41.1 Å². The molecule has 0 radical (unpaired) electrons. The lowest BCUT2D eigenvalue weighted by Gasteiger charge is -2.17. The number of rotatable bonds is 4. The number of carbonyl (C=O) groups excluding carboxylic acids is 1. The minimum Gasteiger partial charge on any atom is -0.354 e. The molecule has 2 N–H and O–H groups in total. The monoisotopic (exact) mass is 294 g/mol. The van der Waals surface area contributed by atoms with Crippen molar-refractivity contribution in [2.45, 2.75) is 31.7 Å². The van der Waals surface area contributed by atoms with Crippen molar-refractivity contribution >= 4 is 5.91 Å². The summed E-state index contributed by atoms with van der Waals surface area (Å²) < 4.78 is 26.1. The molecule has 1 aromatic rings. The van der Waals surface area contributed by atoms with Crippen LogP contribution < -0.4 is 10.6 Å². The maximum atomic E-state index is 13.1. The van der Waals surface area contributed by atoms with Gasteiger partial charge < -0.3 is 10.6 Å². The van der Waals surface area contributed by atoms with Crippen LogP contribution in [-0.2, 0) is 11.2 Å². The zero-order valence-electron chi connectivity index (χ0n) is 11.9. The highest BCUT2D eigenvalue weighted by molar-refractivity contribution is 5.82. The molecule has 3 nitrogen and oxygen atoms in total. The number of hydrogen-bond donors (Lipinski definition) is 2. The van der Waals surface area contributed by atoms with E-state index in [4.69, 9.17) is 0 Å². The lowest BCUT2D eigenvalue weighted by Crippen LogP contribution is -2.44. The van der Waals surface area contributed by atoms with Crippen molar-refractivity contribution in [2.75, 3.05) is 13.1 Å². The van der Waals surface area contributed by atoms with Crippen molar-refractivity contribution in [3.05, 3.63) is 35.4 Å². The molecule has 3 rings (SSSR count). The first kappa shape index (κ1) is 14.4. The zero-order valence-corrected chi connectivity index (χ0v) is 11.9. The van der Waals surface area contributed by atoms with E-state index in [0.29, 0.717) is 30.4 Å². The van der Waals surface area contributed by atoms with Crippen LogP contribution in [0.3, 0.4) is 0 Å². The van der Waals surface area contributed by atoms with Gasteiger partial charge in [-0.1, -0.05) is 6.42 Å². The van der Waals surface area contributed by atoms with E-state index in [9.17, 15) is 13.6 Å². The molecular formula is C16H20F2N2O. The summed E-state index contributed by atoms with van der Waals surface area (Å²) in [7, 11) is 0. The van der Waals surface area contributed by atoms with Gasteiger partial charge in [-0.25, -0.2) is 8.78 Å². The third-order valence-electron chi connectivity index (χ3n) is 4.66. The van der Waals surface area contributed by atoms with Crippen molar-refractivity contribution < 1.29 is 13.6 Å². The zero-order chi connectivity index (χ0) is 14.8. The van der Waals surface area contributed by atoms with Crippen LogP contribution in [0.25, 0.3) is 0 Å². The van der Waals surface area contributed by atoms with Crippen molar-refractivity contribution in [1.29, 1.82) is 0 Å². The number of carbonyl (C=O) groups is 1. The van der Waals surface area contributed by atoms with Gasteiger partial charge in [0.05, 0.1) is 6.04 Å². The Balaban J connectivity index is 1.50. The molecule has 1 heterocycles. The molecule has 3 atom stereocenters. The maximum absolute atomic E-state index is 13.1. The molecule has 114 valence electrons. The summed E-state index contributed by atoms with van der Waals surface area (Å²) in [6, 6.07) is 3.36. The van der Waals surface area contributed by atoms with E-state index in [1.807, 2.05) is 0 Å². The Labute approximate surface area is 123 Å². The molecule has 1 amide bonds. The first-order chi connectivity index (χ1) is 10.1. The van der Waals surface area contributed by atoms with Gasteiger partial charge in [-0.3, -0.25) is 4.79 Å². The Morgan fingerprint density at radius 3 is 2.76 bits per heavy atom. The van der Waals surface area contributed by atoms with E-state index in [1.54, 1.807) is 0 Å². The number of nitrogens with one attached hydrogen (secondary N) is 2. The highest BCUT2D eigenvalue weighted by Crippen LogP contribution is 2.37. The molecule has 5 heteroatoms. The summed E-state index contributed by atoms with van der Waals surface area (Å²) in [5, 5.41) is 6.17. The van der Waals surface area contributed by atoms with E-state index in [-0.39, 0.29) is 11.9 Å². The number of hydrogen-bond acceptors (Lipinski definition) is 2. The summed E-state index contributed by atoms with van der Waals surface area (Å²) in [6.07, 6.45) is 3.97. The molecule has 1 aliphatic carbocycles. The average molecular weight is 294 g/mol. The smallest absolute Gasteiger partial charge is 0.237 e. The third-order valence-corrected chi connectivity index (χ3v) is 4.66. The van der Waals surface area contributed by atoms with E-state index >= 15 is 0 Å². The molecule has 0 spiro atoms. The van der Waals surface area contributed by atoms with Crippen LogP contribution in [0.4, 0.5) is 8.78 Å². The van der Waals surface area contributed by atoms with E-state index in [0.717, 1.165) is 19.0 Å². The Bertz CT molecular complexity index is 515. The van der Waals surface area contributed by atoms with Crippen LogP contribution in [0.2, 0.25) is 0 Å². The normalized spacial score (nSPS) is 27.6. The van der Waals surface area contributed by atoms with Gasteiger partial charge in [0, 0.05) is 12.6 Å². The number of amides is 1.